The zero-order valence-electron chi connectivity index (χ0n) is 41.3. The molecule has 0 heterocycles. The van der Waals surface area contributed by atoms with Gasteiger partial charge in [-0.3, -0.25) is 0 Å². The van der Waals surface area contributed by atoms with Gasteiger partial charge >= 0.3 is 0 Å². The lowest BCUT2D eigenvalue weighted by molar-refractivity contribution is 1.28. The molecule has 0 aliphatic heterocycles. The van der Waals surface area contributed by atoms with Crippen molar-refractivity contribution in [3.05, 3.63) is 224 Å². The van der Waals surface area contributed by atoms with Crippen molar-refractivity contribution in [3.8, 4) is 55.6 Å². The molecule has 0 radical (unpaired) electrons. The van der Waals surface area contributed by atoms with Gasteiger partial charge in [-0.1, -0.05) is 188 Å². The summed E-state index contributed by atoms with van der Waals surface area (Å²) in [6.07, 6.45) is 0. The van der Waals surface area contributed by atoms with Gasteiger partial charge in [0.25, 0.3) is 0 Å². The van der Waals surface area contributed by atoms with E-state index in [9.17, 15) is 11.0 Å². The second kappa shape index (κ2) is 14.3. The predicted molar refractivity (Wildman–Crippen MR) is 226 cm³/mol. The van der Waals surface area contributed by atoms with Gasteiger partial charge in [-0.25, -0.2) is 0 Å². The molecule has 0 saturated heterocycles. The fraction of sp³-hybridized carbons (Fsp3) is 0. The third-order valence-electron chi connectivity index (χ3n) is 9.12. The molecule has 0 aliphatic carbocycles. The highest BCUT2D eigenvalue weighted by Gasteiger charge is 2.18. The lowest BCUT2D eigenvalue weighted by Crippen LogP contribution is -2.11. The van der Waals surface area contributed by atoms with Crippen LogP contribution in [-0.2, 0) is 0 Å². The first-order valence-electron chi connectivity index (χ1n) is 23.6. The molecule has 0 aromatic heterocycles. The van der Waals surface area contributed by atoms with Crippen molar-refractivity contribution in [2.24, 2.45) is 0 Å². The van der Waals surface area contributed by atoms with Crippen molar-refractivity contribution in [2.45, 2.75) is 0 Å². The number of hydrogen-bond acceptors (Lipinski definition) is 1. The van der Waals surface area contributed by atoms with Crippen LogP contribution in [0.5, 0.6) is 0 Å². The van der Waals surface area contributed by atoms with Crippen molar-refractivity contribution < 1.29 is 17.8 Å². The zero-order valence-corrected chi connectivity index (χ0v) is 28.3. The van der Waals surface area contributed by atoms with E-state index in [-0.39, 0.29) is 16.9 Å². The largest absolute Gasteiger partial charge is 0.310 e. The Hall–Kier alpha value is -6.96. The van der Waals surface area contributed by atoms with E-state index >= 15 is 0 Å². The Labute approximate surface area is 330 Å². The molecule has 0 fully saturated rings. The van der Waals surface area contributed by atoms with Gasteiger partial charge in [-0.15, -0.1) is 0 Å². The Morgan fingerprint density at radius 3 is 1.58 bits per heavy atom. The Kier molecular flexibility index (Phi) is 5.62. The van der Waals surface area contributed by atoms with Gasteiger partial charge < -0.3 is 4.90 Å². The summed E-state index contributed by atoms with van der Waals surface area (Å²) < 4.78 is 118. The van der Waals surface area contributed by atoms with E-state index < -0.39 is 95.4 Å². The number of fused-ring (bicyclic) bond motifs is 1. The van der Waals surface area contributed by atoms with Crippen LogP contribution in [0.2, 0.25) is 0 Å². The standard InChI is InChI=1S/C52H37N/c1-3-13-38(14-4-1)40-25-27-44(28-26-40)51-22-9-10-24-52(51)53(47-33-29-41(30-34-47)39-15-5-2-6-16-39)48-35-31-42(32-36-48)45-19-11-20-46(37-45)50-23-12-18-43-17-7-8-21-49(43)50/h1-37H/i2D,5D,6D,15D,16D,29D,30D,31D,32D,33D,34D,35D,36D. The normalized spacial score (nSPS) is 14.5. The minimum absolute atomic E-state index is 0.0108. The Morgan fingerprint density at radius 1 is 0.321 bits per heavy atom. The number of hydrogen-bond donors (Lipinski definition) is 0. The lowest BCUT2D eigenvalue weighted by atomic mass is 9.95. The van der Waals surface area contributed by atoms with Crippen molar-refractivity contribution >= 4 is 27.8 Å². The molecule has 0 amide bonds. The topological polar surface area (TPSA) is 3.24 Å². The molecule has 1 nitrogen and oxygen atoms in total. The Morgan fingerprint density at radius 2 is 0.830 bits per heavy atom. The van der Waals surface area contributed by atoms with Crippen molar-refractivity contribution in [2.75, 3.05) is 4.90 Å². The van der Waals surface area contributed by atoms with Gasteiger partial charge in [0.2, 0.25) is 0 Å². The van der Waals surface area contributed by atoms with Crippen LogP contribution >= 0.6 is 0 Å². The summed E-state index contributed by atoms with van der Waals surface area (Å²) in [6, 6.07) is 36.9. The second-order valence-corrected chi connectivity index (χ2v) is 12.4. The molecule has 250 valence electrons. The maximum atomic E-state index is 9.67. The number of benzene rings is 9. The quantitative estimate of drug-likeness (QED) is 0.154. The second-order valence-electron chi connectivity index (χ2n) is 12.4. The fourth-order valence-corrected chi connectivity index (χ4v) is 6.54. The Bertz CT molecular complexity index is 3320. The van der Waals surface area contributed by atoms with Gasteiger partial charge in [-0.2, -0.15) is 0 Å². The molecule has 0 saturated carbocycles. The van der Waals surface area contributed by atoms with E-state index in [1.807, 2.05) is 109 Å². The monoisotopic (exact) mass is 688 g/mol. The van der Waals surface area contributed by atoms with Gasteiger partial charge in [0, 0.05) is 16.9 Å². The summed E-state index contributed by atoms with van der Waals surface area (Å²) in [5, 5.41) is 2.02. The van der Waals surface area contributed by atoms with Gasteiger partial charge in [0.15, 0.2) is 0 Å². The van der Waals surface area contributed by atoms with Crippen LogP contribution in [0.1, 0.15) is 17.8 Å². The molecule has 0 atom stereocenters. The van der Waals surface area contributed by atoms with Gasteiger partial charge in [0.05, 0.1) is 23.5 Å². The first-order valence-corrected chi connectivity index (χ1v) is 17.1. The summed E-state index contributed by atoms with van der Waals surface area (Å²) in [4.78, 5) is 1.21. The first kappa shape index (κ1) is 20.8. The smallest absolute Gasteiger partial charge is 0.0645 e. The SMILES string of the molecule is [2H]c1c([2H])c([2H])c(-c2c([2H])c([2H])c(N(c3ccccc3-c3ccc(-c4ccccc4)cc3)c3c([2H])c([2H])c(-c4cccc(-c5cccc6ccccc56)c4)c([2H])c3[2H])c([2H])c2[2H])c([2H])c1[2H]. The summed E-state index contributed by atoms with van der Waals surface area (Å²) in [5.41, 5.74) is 3.54. The molecular formula is C52H37N. The lowest BCUT2D eigenvalue weighted by Gasteiger charge is -2.28. The number of nitrogens with zero attached hydrogens (tertiary/aromatic N) is 1. The van der Waals surface area contributed by atoms with Crippen LogP contribution < -0.4 is 4.90 Å². The van der Waals surface area contributed by atoms with Crippen molar-refractivity contribution in [1.29, 1.82) is 0 Å². The minimum Gasteiger partial charge on any atom is -0.310 e. The molecule has 0 bridgehead atoms. The highest BCUT2D eigenvalue weighted by atomic mass is 15.1. The van der Waals surface area contributed by atoms with Crippen LogP contribution in [0.15, 0.2) is 224 Å². The predicted octanol–water partition coefficient (Wildman–Crippen LogP) is 14.6. The third kappa shape index (κ3) is 6.53. The summed E-state index contributed by atoms with van der Waals surface area (Å²) in [6.45, 7) is 0. The average Bonchev–Trinajstić information content (AvgIpc) is 3.35. The molecule has 9 aromatic rings. The van der Waals surface area contributed by atoms with Crippen molar-refractivity contribution in [1.82, 2.24) is 0 Å². The Balaban J connectivity index is 1.30. The molecule has 0 aliphatic rings. The molecule has 0 unspecified atom stereocenters. The average molecular weight is 689 g/mol. The highest BCUT2D eigenvalue weighted by Crippen LogP contribution is 2.42. The summed E-state index contributed by atoms with van der Waals surface area (Å²) in [7, 11) is 0. The van der Waals surface area contributed by atoms with Crippen molar-refractivity contribution in [3.63, 3.8) is 0 Å². The molecule has 1 heteroatoms. The van der Waals surface area contributed by atoms with Gasteiger partial charge in [0.1, 0.15) is 0 Å². The third-order valence-corrected chi connectivity index (χ3v) is 9.12. The fourth-order valence-electron chi connectivity index (χ4n) is 6.54. The molecule has 53 heavy (non-hydrogen) atoms. The summed E-state index contributed by atoms with van der Waals surface area (Å²) in [5.74, 6) is 0. The molecule has 9 aromatic carbocycles. The van der Waals surface area contributed by atoms with Crippen LogP contribution in [0.4, 0.5) is 17.1 Å². The van der Waals surface area contributed by atoms with E-state index in [4.69, 9.17) is 6.85 Å². The van der Waals surface area contributed by atoms with E-state index in [0.29, 0.717) is 16.7 Å². The van der Waals surface area contributed by atoms with Crippen LogP contribution in [0.25, 0.3) is 66.4 Å². The van der Waals surface area contributed by atoms with Gasteiger partial charge in [-0.05, 0) is 97.1 Å². The molecule has 0 N–H and O–H groups in total. The maximum Gasteiger partial charge on any atom is 0.0645 e. The highest BCUT2D eigenvalue weighted by molar-refractivity contribution is 5.97. The molecule has 0 spiro atoms. The summed E-state index contributed by atoms with van der Waals surface area (Å²) >= 11 is 0. The number of para-hydroxylation sites is 1. The van der Waals surface area contributed by atoms with E-state index in [1.165, 1.54) is 4.90 Å². The molecule has 9 rings (SSSR count). The molecular weight excluding hydrogens is 639 g/mol. The van der Waals surface area contributed by atoms with Crippen LogP contribution in [-0.4, -0.2) is 0 Å². The number of anilines is 3. The first-order chi connectivity index (χ1) is 31.7. The minimum atomic E-state index is -0.739. The number of rotatable bonds is 8. The maximum absolute atomic E-state index is 9.67. The van der Waals surface area contributed by atoms with Crippen LogP contribution in [0, 0.1) is 0 Å². The zero-order chi connectivity index (χ0) is 46.7. The van der Waals surface area contributed by atoms with E-state index in [2.05, 4.69) is 0 Å². The van der Waals surface area contributed by atoms with E-state index in [1.54, 1.807) is 36.4 Å². The van der Waals surface area contributed by atoms with Crippen LogP contribution in [0.3, 0.4) is 0 Å². The van der Waals surface area contributed by atoms with E-state index in [0.717, 1.165) is 33.0 Å².